The van der Waals surface area contributed by atoms with Gasteiger partial charge in [0.1, 0.15) is 5.54 Å². The minimum atomic E-state index is -0.628. The maximum absolute atomic E-state index is 13.0. The number of carbonyl (C=O) groups excluding carboxylic acids is 2. The molecule has 1 unspecified atom stereocenters. The first-order valence-electron chi connectivity index (χ1n) is 7.86. The predicted molar refractivity (Wildman–Crippen MR) is 107 cm³/mol. The zero-order valence-electron chi connectivity index (χ0n) is 15.4. The first kappa shape index (κ1) is 25.7. The van der Waals surface area contributed by atoms with Crippen molar-refractivity contribution in [3.8, 4) is 0 Å². The van der Waals surface area contributed by atoms with Crippen molar-refractivity contribution in [2.45, 2.75) is 33.2 Å². The lowest BCUT2D eigenvalue weighted by Gasteiger charge is -2.33. The largest absolute Gasteiger partial charge is 1.00 e. The first-order valence-corrected chi connectivity index (χ1v) is 8.58. The fourth-order valence-corrected chi connectivity index (χ4v) is 3.03. The van der Waals surface area contributed by atoms with Gasteiger partial charge in [-0.3, -0.25) is 4.79 Å². The van der Waals surface area contributed by atoms with E-state index in [1.165, 1.54) is 0 Å². The van der Waals surface area contributed by atoms with Crippen LogP contribution in [0.1, 0.15) is 47.1 Å². The van der Waals surface area contributed by atoms with Crippen molar-refractivity contribution in [3.05, 3.63) is 70.2 Å². The van der Waals surface area contributed by atoms with Crippen molar-refractivity contribution >= 4 is 47.6 Å². The summed E-state index contributed by atoms with van der Waals surface area (Å²) < 4.78 is 0.944. The van der Waals surface area contributed by atoms with Crippen LogP contribution in [0.2, 0.25) is 5.02 Å². The maximum atomic E-state index is 13.0. The second kappa shape index (κ2) is 10.3. The number of rotatable bonds is 2. The molecule has 1 atom stereocenters. The zero-order chi connectivity index (χ0) is 18.8. The third-order valence-electron chi connectivity index (χ3n) is 3.78. The molecule has 0 radical (unpaired) electrons. The number of carbonyl (C=O) groups is 2. The number of quaternary nitrogens is 1. The van der Waals surface area contributed by atoms with Crippen LogP contribution in [0.5, 0.6) is 0 Å². The van der Waals surface area contributed by atoms with Gasteiger partial charge in [-0.2, -0.15) is 0 Å². The highest BCUT2D eigenvalue weighted by atomic mass is 35.5. The molecular weight excluding hydrogens is 430 g/mol. The minimum Gasteiger partial charge on any atom is -1.00 e. The molecule has 2 rings (SSSR count). The molecule has 0 bridgehead atoms. The molecule has 8 heteroatoms. The zero-order valence-corrected chi connectivity index (χ0v) is 18.5. The number of hydrogen-bond donors (Lipinski definition) is 1. The van der Waals surface area contributed by atoms with E-state index >= 15 is 0 Å². The number of amides is 2. The Morgan fingerprint density at radius 3 is 2.00 bits per heavy atom. The van der Waals surface area contributed by atoms with Crippen LogP contribution >= 0.6 is 35.8 Å². The average Bonchev–Trinajstić information content (AvgIpc) is 2.54. The molecule has 0 saturated carbocycles. The van der Waals surface area contributed by atoms with E-state index in [1.54, 1.807) is 36.4 Å². The molecule has 148 valence electrons. The number of hydrogen-bond acceptors (Lipinski definition) is 2. The SMILES string of the molecule is Cc1ccccc1C(=O)N(Cl)[NH+](C(=O)c1ccc(Cl)cc1)C(C)(C)C.Cl.[Cl-]. The number of nitrogens with one attached hydrogen (secondary N) is 1. The number of nitrogens with zero attached hydrogens (tertiary/aromatic N) is 1. The molecule has 1 N–H and O–H groups in total. The van der Waals surface area contributed by atoms with Crippen LogP contribution in [0, 0.1) is 6.92 Å². The van der Waals surface area contributed by atoms with Gasteiger partial charge in [0.25, 0.3) is 0 Å². The highest BCUT2D eigenvalue weighted by Gasteiger charge is 2.41. The van der Waals surface area contributed by atoms with Gasteiger partial charge >= 0.3 is 11.8 Å². The molecule has 0 aliphatic carbocycles. The van der Waals surface area contributed by atoms with Gasteiger partial charge in [0.15, 0.2) is 0 Å². The molecule has 0 aromatic heterocycles. The van der Waals surface area contributed by atoms with Crippen molar-refractivity contribution in [2.75, 3.05) is 0 Å². The van der Waals surface area contributed by atoms with E-state index < -0.39 is 11.4 Å². The van der Waals surface area contributed by atoms with E-state index in [9.17, 15) is 9.59 Å². The van der Waals surface area contributed by atoms with Crippen LogP contribution in [0.3, 0.4) is 0 Å². The third-order valence-corrected chi connectivity index (χ3v) is 4.36. The van der Waals surface area contributed by atoms with Gasteiger partial charge in [0.05, 0.1) is 17.3 Å². The Labute approximate surface area is 182 Å². The number of aryl methyl sites for hydroxylation is 1. The van der Waals surface area contributed by atoms with Crippen molar-refractivity contribution in [2.24, 2.45) is 0 Å². The summed E-state index contributed by atoms with van der Waals surface area (Å²) in [5.41, 5.74) is 1.06. The lowest BCUT2D eigenvalue weighted by molar-refractivity contribution is -0.951. The van der Waals surface area contributed by atoms with Crippen LogP contribution in [0.4, 0.5) is 0 Å². The number of halogens is 4. The maximum Gasteiger partial charge on any atom is 0.370 e. The van der Waals surface area contributed by atoms with Crippen molar-refractivity contribution in [3.63, 3.8) is 0 Å². The topological polar surface area (TPSA) is 41.8 Å². The van der Waals surface area contributed by atoms with E-state index in [-0.39, 0.29) is 35.7 Å². The van der Waals surface area contributed by atoms with E-state index in [1.807, 2.05) is 39.8 Å². The summed E-state index contributed by atoms with van der Waals surface area (Å²) in [6.45, 7) is 7.36. The second-order valence-corrected chi connectivity index (χ2v) is 7.61. The van der Waals surface area contributed by atoms with Crippen molar-refractivity contribution in [1.82, 2.24) is 4.53 Å². The van der Waals surface area contributed by atoms with Gasteiger partial charge in [0, 0.05) is 10.6 Å². The Kier molecular flexibility index (Phi) is 9.80. The molecule has 0 saturated heterocycles. The molecule has 0 aliphatic heterocycles. The molecule has 0 aliphatic rings. The standard InChI is InChI=1S/C19H20Cl2N2O2.2ClH/c1-13-7-5-6-8-16(13)18(25)23(21)22(19(2,3)4)17(24)14-9-11-15(20)12-10-14;;/h5-12H,1-4H3;2*1H. The fourth-order valence-electron chi connectivity index (χ4n) is 2.48. The predicted octanol–water partition coefficient (Wildman–Crippen LogP) is 1.11. The molecule has 0 heterocycles. The van der Waals surface area contributed by atoms with Crippen molar-refractivity contribution < 1.29 is 27.0 Å². The molecule has 4 nitrogen and oxygen atoms in total. The van der Waals surface area contributed by atoms with Gasteiger partial charge < -0.3 is 12.4 Å². The van der Waals surface area contributed by atoms with Crippen LogP contribution in [-0.2, 0) is 0 Å². The minimum absolute atomic E-state index is 0. The molecule has 0 spiro atoms. The summed E-state index contributed by atoms with van der Waals surface area (Å²) in [4.78, 5) is 25.8. The van der Waals surface area contributed by atoms with E-state index in [0.29, 0.717) is 16.1 Å². The molecular formula is C19H22Cl4N2O2. The van der Waals surface area contributed by atoms with Crippen molar-refractivity contribution in [1.29, 1.82) is 0 Å². The number of benzene rings is 2. The molecule has 2 aromatic carbocycles. The average molecular weight is 452 g/mol. The van der Waals surface area contributed by atoms with Crippen LogP contribution < -0.4 is 17.4 Å². The quantitative estimate of drug-likeness (QED) is 0.549. The third kappa shape index (κ3) is 6.09. The summed E-state index contributed by atoms with van der Waals surface area (Å²) in [6, 6.07) is 13.7. The Morgan fingerprint density at radius 1 is 1.00 bits per heavy atom. The normalized spacial score (nSPS) is 11.6. The Morgan fingerprint density at radius 2 is 1.52 bits per heavy atom. The summed E-state index contributed by atoms with van der Waals surface area (Å²) in [5.74, 6) is -0.729. The lowest BCUT2D eigenvalue weighted by atomic mass is 10.1. The Balaban J connectivity index is 0.00000338. The Bertz CT molecular complexity index is 789. The van der Waals surface area contributed by atoms with E-state index in [4.69, 9.17) is 23.4 Å². The van der Waals surface area contributed by atoms with Crippen LogP contribution in [0.25, 0.3) is 0 Å². The Hall–Kier alpha value is -1.30. The van der Waals surface area contributed by atoms with E-state index in [0.717, 1.165) is 10.1 Å². The fraction of sp³-hybridized carbons (Fsp3) is 0.263. The van der Waals surface area contributed by atoms with Crippen LogP contribution in [-0.4, -0.2) is 21.9 Å². The van der Waals surface area contributed by atoms with Gasteiger partial charge in [-0.1, -0.05) is 34.3 Å². The summed E-state index contributed by atoms with van der Waals surface area (Å²) >= 11 is 12.3. The van der Waals surface area contributed by atoms with E-state index in [2.05, 4.69) is 0 Å². The molecule has 2 aromatic rings. The van der Waals surface area contributed by atoms with Crippen LogP contribution in [0.15, 0.2) is 48.5 Å². The monoisotopic (exact) mass is 450 g/mol. The highest BCUT2D eigenvalue weighted by molar-refractivity contribution is 6.30. The summed E-state index contributed by atoms with van der Waals surface area (Å²) in [7, 11) is 0. The summed E-state index contributed by atoms with van der Waals surface area (Å²) in [5, 5.41) is 0.748. The lowest BCUT2D eigenvalue weighted by Crippen LogP contribution is -3.25. The first-order chi connectivity index (χ1) is 11.6. The second-order valence-electron chi connectivity index (χ2n) is 6.84. The van der Waals surface area contributed by atoms with Gasteiger partial charge in [-0.25, -0.2) is 4.79 Å². The smallest absolute Gasteiger partial charge is 0.370 e. The highest BCUT2D eigenvalue weighted by Crippen LogP contribution is 2.13. The molecule has 2 amide bonds. The van der Waals surface area contributed by atoms with Gasteiger partial charge in [-0.15, -0.1) is 17.4 Å². The summed E-state index contributed by atoms with van der Waals surface area (Å²) in [6.07, 6.45) is 0. The van der Waals surface area contributed by atoms with Gasteiger partial charge in [-0.05, 0) is 63.6 Å². The molecule has 0 fully saturated rings. The van der Waals surface area contributed by atoms with Gasteiger partial charge in [0.2, 0.25) is 0 Å². The molecule has 27 heavy (non-hydrogen) atoms.